The van der Waals surface area contributed by atoms with E-state index in [1.165, 1.54) is 0 Å². The Morgan fingerprint density at radius 1 is 1.32 bits per heavy atom. The molecule has 0 radical (unpaired) electrons. The average molecular weight is 314 g/mol. The molecule has 22 heavy (non-hydrogen) atoms. The van der Waals surface area contributed by atoms with Crippen molar-refractivity contribution < 1.29 is 14.3 Å². The van der Waals surface area contributed by atoms with E-state index in [1.807, 2.05) is 13.8 Å². The van der Waals surface area contributed by atoms with E-state index in [9.17, 15) is 9.59 Å². The summed E-state index contributed by atoms with van der Waals surface area (Å²) in [4.78, 5) is 25.5. The van der Waals surface area contributed by atoms with E-state index in [-0.39, 0.29) is 11.8 Å². The number of nitrogens with zero attached hydrogens (tertiary/aromatic N) is 1. The molecule has 1 rings (SSSR count). The lowest BCUT2D eigenvalue weighted by atomic mass is 9.96. The van der Waals surface area contributed by atoms with Gasteiger partial charge in [-0.15, -0.1) is 0 Å². The van der Waals surface area contributed by atoms with Crippen molar-refractivity contribution in [1.82, 2.24) is 15.5 Å². The van der Waals surface area contributed by atoms with Gasteiger partial charge in [0, 0.05) is 20.2 Å². The molecular formula is C15H30N4O3. The maximum Gasteiger partial charge on any atom is 0.312 e. The molecule has 3 amide bonds. The Balaban J connectivity index is 2.30. The van der Waals surface area contributed by atoms with Gasteiger partial charge in [-0.3, -0.25) is 4.79 Å². The summed E-state index contributed by atoms with van der Waals surface area (Å²) in [6.45, 7) is 8.22. The van der Waals surface area contributed by atoms with Crippen molar-refractivity contribution in [3.8, 4) is 0 Å². The molecule has 7 heteroatoms. The van der Waals surface area contributed by atoms with Crippen LogP contribution in [0.3, 0.4) is 0 Å². The fraction of sp³-hybridized carbons (Fsp3) is 0.867. The summed E-state index contributed by atoms with van der Waals surface area (Å²) < 4.78 is 5.09. The van der Waals surface area contributed by atoms with Crippen LogP contribution in [-0.4, -0.2) is 62.8 Å². The van der Waals surface area contributed by atoms with E-state index in [1.54, 1.807) is 7.11 Å². The van der Waals surface area contributed by atoms with Gasteiger partial charge in [-0.2, -0.15) is 0 Å². The van der Waals surface area contributed by atoms with Gasteiger partial charge in [-0.05, 0) is 37.8 Å². The molecule has 0 unspecified atom stereocenters. The van der Waals surface area contributed by atoms with Crippen molar-refractivity contribution in [1.29, 1.82) is 0 Å². The lowest BCUT2D eigenvalue weighted by Crippen LogP contribution is -2.52. The minimum Gasteiger partial charge on any atom is -0.383 e. The number of piperidine rings is 1. The molecule has 0 saturated carbocycles. The molecule has 0 aromatic heterocycles. The van der Waals surface area contributed by atoms with Crippen molar-refractivity contribution in [3.05, 3.63) is 0 Å². The first-order chi connectivity index (χ1) is 10.4. The molecule has 0 spiro atoms. The first-order valence-corrected chi connectivity index (χ1v) is 7.99. The predicted octanol–water partition coefficient (Wildman–Crippen LogP) is 0.154. The molecule has 1 aliphatic heterocycles. The van der Waals surface area contributed by atoms with E-state index in [4.69, 9.17) is 10.5 Å². The smallest absolute Gasteiger partial charge is 0.312 e. The molecule has 1 fully saturated rings. The van der Waals surface area contributed by atoms with Crippen LogP contribution < -0.4 is 16.4 Å². The van der Waals surface area contributed by atoms with Crippen molar-refractivity contribution in [2.24, 2.45) is 17.6 Å². The van der Waals surface area contributed by atoms with Crippen LogP contribution in [0.4, 0.5) is 4.79 Å². The van der Waals surface area contributed by atoms with Crippen LogP contribution in [0.15, 0.2) is 0 Å². The maximum atomic E-state index is 12.2. The van der Waals surface area contributed by atoms with E-state index in [2.05, 4.69) is 15.5 Å². The Labute approximate surface area is 132 Å². The average Bonchev–Trinajstić information content (AvgIpc) is 2.48. The highest BCUT2D eigenvalue weighted by molar-refractivity contribution is 5.86. The topological polar surface area (TPSA) is 96.7 Å². The zero-order valence-electron chi connectivity index (χ0n) is 13.9. The van der Waals surface area contributed by atoms with Gasteiger partial charge < -0.3 is 26.0 Å². The van der Waals surface area contributed by atoms with Gasteiger partial charge in [0.1, 0.15) is 6.04 Å². The van der Waals surface area contributed by atoms with Crippen molar-refractivity contribution in [2.75, 3.05) is 39.9 Å². The quantitative estimate of drug-likeness (QED) is 0.594. The van der Waals surface area contributed by atoms with Gasteiger partial charge in [-0.25, -0.2) is 4.79 Å². The number of ether oxygens (including phenoxy) is 1. The number of carbonyl (C=O) groups excluding carboxylic acids is 2. The number of likely N-dealkylation sites (tertiary alicyclic amines) is 1. The number of primary amides is 1. The number of methoxy groups -OCH3 is 1. The summed E-state index contributed by atoms with van der Waals surface area (Å²) in [5, 5.41) is 5.45. The second kappa shape index (κ2) is 9.63. The molecule has 1 saturated heterocycles. The molecule has 7 nitrogen and oxygen atoms in total. The van der Waals surface area contributed by atoms with Crippen LogP contribution in [0.1, 0.15) is 26.7 Å². The number of nitrogens with one attached hydrogen (secondary N) is 2. The van der Waals surface area contributed by atoms with Crippen LogP contribution in [0, 0.1) is 11.8 Å². The molecule has 4 N–H and O–H groups in total. The number of nitrogens with two attached hydrogens (primary N) is 1. The molecule has 128 valence electrons. The Morgan fingerprint density at radius 2 is 1.95 bits per heavy atom. The lowest BCUT2D eigenvalue weighted by Gasteiger charge is -2.32. The Hall–Kier alpha value is -1.34. The SMILES string of the molecule is COCCN1CCC(CNC(=O)[C@H](NC(N)=O)C(C)C)CC1. The third kappa shape index (κ3) is 6.62. The minimum atomic E-state index is -0.666. The van der Waals surface area contributed by atoms with Crippen LogP contribution in [0.2, 0.25) is 0 Å². The van der Waals surface area contributed by atoms with Crippen molar-refractivity contribution >= 4 is 11.9 Å². The first kappa shape index (κ1) is 18.7. The number of urea groups is 1. The summed E-state index contributed by atoms with van der Waals surface area (Å²) in [6.07, 6.45) is 2.14. The van der Waals surface area contributed by atoms with E-state index in [0.717, 1.165) is 39.1 Å². The number of amides is 3. The second-order valence-electron chi connectivity index (χ2n) is 6.25. The van der Waals surface area contributed by atoms with Gasteiger partial charge >= 0.3 is 6.03 Å². The van der Waals surface area contributed by atoms with E-state index >= 15 is 0 Å². The summed E-state index contributed by atoms with van der Waals surface area (Å²) >= 11 is 0. The van der Waals surface area contributed by atoms with E-state index < -0.39 is 12.1 Å². The molecule has 0 aromatic carbocycles. The molecule has 0 aliphatic carbocycles. The maximum absolute atomic E-state index is 12.2. The zero-order chi connectivity index (χ0) is 16.5. The van der Waals surface area contributed by atoms with Gasteiger partial charge in [0.25, 0.3) is 0 Å². The Morgan fingerprint density at radius 3 is 2.45 bits per heavy atom. The normalized spacial score (nSPS) is 18.2. The minimum absolute atomic E-state index is 0.00314. The first-order valence-electron chi connectivity index (χ1n) is 7.99. The highest BCUT2D eigenvalue weighted by Gasteiger charge is 2.25. The fourth-order valence-electron chi connectivity index (χ4n) is 2.68. The molecule has 1 atom stereocenters. The number of hydrogen-bond donors (Lipinski definition) is 3. The third-order valence-corrected chi connectivity index (χ3v) is 4.13. The van der Waals surface area contributed by atoms with Crippen molar-refractivity contribution in [2.45, 2.75) is 32.7 Å². The van der Waals surface area contributed by atoms with Crippen LogP contribution in [-0.2, 0) is 9.53 Å². The summed E-state index contributed by atoms with van der Waals surface area (Å²) in [5.41, 5.74) is 5.12. The standard InChI is InChI=1S/C15H30N4O3/c1-11(2)13(18-15(16)21)14(20)17-10-12-4-6-19(7-5-12)8-9-22-3/h11-13H,4-10H2,1-3H3,(H,17,20)(H3,16,18,21)/t13-/m1/s1. The van der Waals surface area contributed by atoms with Crippen LogP contribution in [0.5, 0.6) is 0 Å². The summed E-state index contributed by atoms with van der Waals surface area (Å²) in [6, 6.07) is -1.24. The van der Waals surface area contributed by atoms with Crippen LogP contribution >= 0.6 is 0 Å². The highest BCUT2D eigenvalue weighted by Crippen LogP contribution is 2.16. The molecule has 1 aliphatic rings. The summed E-state index contributed by atoms with van der Waals surface area (Å²) in [7, 11) is 1.72. The largest absolute Gasteiger partial charge is 0.383 e. The lowest BCUT2D eigenvalue weighted by molar-refractivity contribution is -0.124. The van der Waals surface area contributed by atoms with Crippen LogP contribution in [0.25, 0.3) is 0 Å². The number of hydrogen-bond acceptors (Lipinski definition) is 4. The van der Waals surface area contributed by atoms with E-state index in [0.29, 0.717) is 12.5 Å². The number of rotatable bonds is 8. The van der Waals surface area contributed by atoms with Gasteiger partial charge in [0.2, 0.25) is 5.91 Å². The molecule has 1 heterocycles. The third-order valence-electron chi connectivity index (χ3n) is 4.13. The molecule has 0 bridgehead atoms. The molecular weight excluding hydrogens is 284 g/mol. The monoisotopic (exact) mass is 314 g/mol. The Kier molecular flexibility index (Phi) is 8.19. The summed E-state index contributed by atoms with van der Waals surface area (Å²) in [5.74, 6) is 0.336. The van der Waals surface area contributed by atoms with Gasteiger partial charge in [0.15, 0.2) is 0 Å². The highest BCUT2D eigenvalue weighted by atomic mass is 16.5. The van der Waals surface area contributed by atoms with Gasteiger partial charge in [0.05, 0.1) is 6.61 Å². The predicted molar refractivity (Wildman–Crippen MR) is 85.4 cm³/mol. The Bertz CT molecular complexity index is 355. The second-order valence-corrected chi connectivity index (χ2v) is 6.25. The number of carbonyl (C=O) groups is 2. The van der Waals surface area contributed by atoms with Gasteiger partial charge in [-0.1, -0.05) is 13.8 Å². The van der Waals surface area contributed by atoms with Crippen molar-refractivity contribution in [3.63, 3.8) is 0 Å². The fourth-order valence-corrected chi connectivity index (χ4v) is 2.68. The zero-order valence-corrected chi connectivity index (χ0v) is 13.9. The molecule has 0 aromatic rings.